The van der Waals surface area contributed by atoms with Crippen molar-refractivity contribution < 1.29 is 4.74 Å². The van der Waals surface area contributed by atoms with Crippen LogP contribution in [0.15, 0.2) is 4.99 Å². The zero-order chi connectivity index (χ0) is 16.4. The smallest absolute Gasteiger partial charge is 0.216 e. The summed E-state index contributed by atoms with van der Waals surface area (Å²) in [6.07, 6.45) is 7.64. The molecule has 134 valence electrons. The molecule has 1 heterocycles. The van der Waals surface area contributed by atoms with Gasteiger partial charge in [0.15, 0.2) is 5.96 Å². The van der Waals surface area contributed by atoms with Gasteiger partial charge in [-0.3, -0.25) is 0 Å². The van der Waals surface area contributed by atoms with Gasteiger partial charge in [-0.15, -0.1) is 24.0 Å². The highest BCUT2D eigenvalue weighted by atomic mass is 127. The highest BCUT2D eigenvalue weighted by molar-refractivity contribution is 14.0. The van der Waals surface area contributed by atoms with Crippen LogP contribution in [0.2, 0.25) is 0 Å². The lowest BCUT2D eigenvalue weighted by molar-refractivity contribution is 0.369. The lowest BCUT2D eigenvalue weighted by atomic mass is 10.1. The first-order chi connectivity index (χ1) is 10.6. The van der Waals surface area contributed by atoms with Crippen LogP contribution in [0.3, 0.4) is 0 Å². The molecule has 6 nitrogen and oxygen atoms in total. The summed E-state index contributed by atoms with van der Waals surface area (Å²) in [6.45, 7) is 5.55. The van der Waals surface area contributed by atoms with E-state index in [1.165, 1.54) is 32.1 Å². The second-order valence-corrected chi connectivity index (χ2v) is 5.59. The van der Waals surface area contributed by atoms with Crippen molar-refractivity contribution in [1.29, 1.82) is 0 Å². The van der Waals surface area contributed by atoms with Crippen LogP contribution in [0.1, 0.15) is 56.7 Å². The third-order valence-electron chi connectivity index (χ3n) is 3.73. The standard InChI is InChI=1S/C16H31N5O.HI/c1-5-6-7-8-9-10-11-18-16(17)19-12-14-13(2)20-21(3)15(14)22-4;/h5-12H2,1-4H3,(H3,17,18,19);1H. The molecule has 0 saturated heterocycles. The number of methoxy groups -OCH3 is 1. The molecule has 0 spiro atoms. The van der Waals surface area contributed by atoms with Gasteiger partial charge in [-0.1, -0.05) is 39.0 Å². The van der Waals surface area contributed by atoms with E-state index in [0.717, 1.165) is 30.1 Å². The number of halogens is 1. The van der Waals surface area contributed by atoms with Gasteiger partial charge in [-0.05, 0) is 13.3 Å². The van der Waals surface area contributed by atoms with Crippen molar-refractivity contribution in [3.63, 3.8) is 0 Å². The van der Waals surface area contributed by atoms with Gasteiger partial charge in [0, 0.05) is 13.6 Å². The molecular weight excluding hydrogens is 405 g/mol. The van der Waals surface area contributed by atoms with E-state index in [0.29, 0.717) is 12.5 Å². The zero-order valence-electron chi connectivity index (χ0n) is 14.9. The Morgan fingerprint density at radius 2 is 1.91 bits per heavy atom. The van der Waals surface area contributed by atoms with Crippen molar-refractivity contribution in [3.05, 3.63) is 11.3 Å². The Morgan fingerprint density at radius 1 is 1.26 bits per heavy atom. The normalized spacial score (nSPS) is 11.2. The van der Waals surface area contributed by atoms with E-state index in [9.17, 15) is 0 Å². The van der Waals surface area contributed by atoms with Gasteiger partial charge in [-0.2, -0.15) is 5.10 Å². The maximum atomic E-state index is 5.90. The van der Waals surface area contributed by atoms with E-state index in [1.807, 2.05) is 14.0 Å². The van der Waals surface area contributed by atoms with Crippen molar-refractivity contribution in [1.82, 2.24) is 15.1 Å². The maximum absolute atomic E-state index is 5.90. The van der Waals surface area contributed by atoms with Crippen LogP contribution in [0, 0.1) is 6.92 Å². The summed E-state index contributed by atoms with van der Waals surface area (Å²) in [4.78, 5) is 4.37. The number of nitrogens with one attached hydrogen (secondary N) is 1. The summed E-state index contributed by atoms with van der Waals surface area (Å²) in [5.41, 5.74) is 7.81. The highest BCUT2D eigenvalue weighted by Crippen LogP contribution is 2.21. The zero-order valence-corrected chi connectivity index (χ0v) is 17.2. The number of hydrogen-bond acceptors (Lipinski definition) is 3. The number of aliphatic imine (C=N–C) groups is 1. The average molecular weight is 437 g/mol. The van der Waals surface area contributed by atoms with Gasteiger partial charge < -0.3 is 15.8 Å². The molecule has 0 aromatic carbocycles. The Balaban J connectivity index is 0.00000484. The molecule has 0 bridgehead atoms. The number of guanidine groups is 1. The molecule has 0 atom stereocenters. The molecule has 1 aromatic rings. The van der Waals surface area contributed by atoms with Gasteiger partial charge in [0.2, 0.25) is 5.88 Å². The van der Waals surface area contributed by atoms with Crippen molar-refractivity contribution in [2.75, 3.05) is 13.7 Å². The van der Waals surface area contributed by atoms with Gasteiger partial charge in [0.1, 0.15) is 0 Å². The number of nitrogens with zero attached hydrogens (tertiary/aromatic N) is 3. The molecule has 0 fully saturated rings. The lowest BCUT2D eigenvalue weighted by Gasteiger charge is -2.06. The summed E-state index contributed by atoms with van der Waals surface area (Å²) in [5.74, 6) is 1.23. The molecule has 1 rings (SSSR count). The fraction of sp³-hybridized carbons (Fsp3) is 0.750. The molecule has 0 saturated carbocycles. The van der Waals surface area contributed by atoms with Gasteiger partial charge in [0.05, 0.1) is 24.9 Å². The fourth-order valence-electron chi connectivity index (χ4n) is 2.46. The predicted octanol–water partition coefficient (Wildman–Crippen LogP) is 3.12. The van der Waals surface area contributed by atoms with Crippen LogP contribution in [-0.2, 0) is 13.6 Å². The topological polar surface area (TPSA) is 77.5 Å². The summed E-state index contributed by atoms with van der Waals surface area (Å²) in [7, 11) is 3.50. The molecule has 23 heavy (non-hydrogen) atoms. The Bertz CT molecular complexity index is 473. The van der Waals surface area contributed by atoms with Crippen LogP contribution in [-0.4, -0.2) is 29.4 Å². The molecule has 0 aliphatic carbocycles. The summed E-state index contributed by atoms with van der Waals surface area (Å²) < 4.78 is 7.07. The Hall–Kier alpha value is -0.990. The molecule has 0 radical (unpaired) electrons. The van der Waals surface area contributed by atoms with E-state index in [2.05, 4.69) is 22.3 Å². The lowest BCUT2D eigenvalue weighted by Crippen LogP contribution is -2.32. The van der Waals surface area contributed by atoms with Crippen LogP contribution < -0.4 is 15.8 Å². The number of ether oxygens (including phenoxy) is 1. The third-order valence-corrected chi connectivity index (χ3v) is 3.73. The first-order valence-electron chi connectivity index (χ1n) is 8.20. The van der Waals surface area contributed by atoms with Gasteiger partial charge in [-0.25, -0.2) is 9.67 Å². The first-order valence-corrected chi connectivity index (χ1v) is 8.20. The highest BCUT2D eigenvalue weighted by Gasteiger charge is 2.12. The molecule has 0 aliphatic rings. The van der Waals surface area contributed by atoms with Crippen LogP contribution in [0.4, 0.5) is 0 Å². The fourth-order valence-corrected chi connectivity index (χ4v) is 2.46. The van der Waals surface area contributed by atoms with Crippen LogP contribution >= 0.6 is 24.0 Å². The van der Waals surface area contributed by atoms with E-state index in [-0.39, 0.29) is 24.0 Å². The molecule has 0 amide bonds. The molecular formula is C16H32IN5O. The first kappa shape index (κ1) is 22.0. The largest absolute Gasteiger partial charge is 0.481 e. The molecule has 1 aromatic heterocycles. The minimum atomic E-state index is 0. The van der Waals surface area contributed by atoms with Gasteiger partial charge in [0.25, 0.3) is 0 Å². The van der Waals surface area contributed by atoms with Crippen molar-refractivity contribution in [3.8, 4) is 5.88 Å². The van der Waals surface area contributed by atoms with E-state index >= 15 is 0 Å². The quantitative estimate of drug-likeness (QED) is 0.255. The summed E-state index contributed by atoms with van der Waals surface area (Å²) >= 11 is 0. The Labute approximate surface area is 157 Å². The minimum Gasteiger partial charge on any atom is -0.481 e. The van der Waals surface area contributed by atoms with E-state index in [1.54, 1.807) is 11.8 Å². The number of aromatic nitrogens is 2. The van der Waals surface area contributed by atoms with E-state index < -0.39 is 0 Å². The molecule has 0 aliphatic heterocycles. The third kappa shape index (κ3) is 7.90. The maximum Gasteiger partial charge on any atom is 0.216 e. The van der Waals surface area contributed by atoms with Gasteiger partial charge >= 0.3 is 0 Å². The number of hydrogen-bond donors (Lipinski definition) is 2. The summed E-state index contributed by atoms with van der Waals surface area (Å²) in [6, 6.07) is 0. The second-order valence-electron chi connectivity index (χ2n) is 5.59. The summed E-state index contributed by atoms with van der Waals surface area (Å²) in [5, 5.41) is 7.50. The monoisotopic (exact) mass is 437 g/mol. The molecule has 3 N–H and O–H groups in total. The molecule has 0 unspecified atom stereocenters. The Morgan fingerprint density at radius 3 is 2.57 bits per heavy atom. The van der Waals surface area contributed by atoms with Crippen molar-refractivity contribution in [2.24, 2.45) is 17.8 Å². The SMILES string of the molecule is CCCCCCCCNC(N)=NCc1c(C)nn(C)c1OC.I. The minimum absolute atomic E-state index is 0. The second kappa shape index (κ2) is 12.4. The number of rotatable bonds is 10. The van der Waals surface area contributed by atoms with E-state index in [4.69, 9.17) is 10.5 Å². The number of aryl methyl sites for hydroxylation is 2. The number of unbranched alkanes of at least 4 members (excludes halogenated alkanes) is 5. The van der Waals surface area contributed by atoms with Crippen LogP contribution in [0.25, 0.3) is 0 Å². The van der Waals surface area contributed by atoms with Crippen LogP contribution in [0.5, 0.6) is 5.88 Å². The van der Waals surface area contributed by atoms with Crippen molar-refractivity contribution >= 4 is 29.9 Å². The van der Waals surface area contributed by atoms with Crippen molar-refractivity contribution in [2.45, 2.75) is 58.9 Å². The predicted molar refractivity (Wildman–Crippen MR) is 107 cm³/mol. The molecule has 7 heteroatoms. The number of nitrogens with two attached hydrogens (primary N) is 1. The Kier molecular flexibility index (Phi) is 11.9. The average Bonchev–Trinajstić information content (AvgIpc) is 2.77.